The van der Waals surface area contributed by atoms with E-state index < -0.39 is 30.8 Å². The molecule has 19 heavy (non-hydrogen) atoms. The molecular formula is C12H14F3NO3. The number of benzene rings is 1. The molecule has 0 amide bonds. The highest BCUT2D eigenvalue weighted by Gasteiger charge is 2.41. The van der Waals surface area contributed by atoms with E-state index in [4.69, 9.17) is 5.73 Å². The number of alkyl halides is 3. The van der Waals surface area contributed by atoms with E-state index in [0.29, 0.717) is 5.56 Å². The van der Waals surface area contributed by atoms with Crippen molar-refractivity contribution < 1.29 is 27.8 Å². The highest BCUT2D eigenvalue weighted by Crippen LogP contribution is 2.25. The van der Waals surface area contributed by atoms with Crippen molar-refractivity contribution in [2.24, 2.45) is 5.73 Å². The second-order valence-electron chi connectivity index (χ2n) is 4.07. The van der Waals surface area contributed by atoms with Crippen LogP contribution >= 0.6 is 0 Å². The van der Waals surface area contributed by atoms with Gasteiger partial charge in [-0.3, -0.25) is 4.79 Å². The number of carboxylic acid groups (broad SMARTS) is 1. The molecule has 0 aliphatic carbocycles. The Morgan fingerprint density at radius 1 is 1.21 bits per heavy atom. The molecule has 0 aromatic heterocycles. The third-order valence-electron chi connectivity index (χ3n) is 2.70. The molecule has 4 nitrogen and oxygen atoms in total. The van der Waals surface area contributed by atoms with Gasteiger partial charge in [0.05, 0.1) is 6.61 Å². The van der Waals surface area contributed by atoms with Crippen LogP contribution in [-0.2, 0) is 14.9 Å². The number of halogens is 3. The van der Waals surface area contributed by atoms with Gasteiger partial charge in [0.25, 0.3) is 0 Å². The second kappa shape index (κ2) is 6.03. The van der Waals surface area contributed by atoms with Crippen LogP contribution in [-0.4, -0.2) is 37.0 Å². The Balaban J connectivity index is 2.92. The standard InChI is InChI=1S/C12H14F3NO3/c13-12(14,15)8-19-7-11(6-16,10(17)18)9-4-2-1-3-5-9/h1-5H,6-8,16H2,(H,17,18). The van der Waals surface area contributed by atoms with Gasteiger partial charge in [-0.05, 0) is 5.56 Å². The Bertz CT molecular complexity index is 422. The van der Waals surface area contributed by atoms with E-state index in [1.165, 1.54) is 12.1 Å². The minimum Gasteiger partial charge on any atom is -0.480 e. The van der Waals surface area contributed by atoms with Crippen LogP contribution < -0.4 is 5.73 Å². The minimum absolute atomic E-state index is 0.312. The summed E-state index contributed by atoms with van der Waals surface area (Å²) in [5.74, 6) is -1.32. The van der Waals surface area contributed by atoms with Gasteiger partial charge in [0, 0.05) is 6.54 Å². The predicted molar refractivity (Wildman–Crippen MR) is 61.7 cm³/mol. The molecule has 0 spiro atoms. The first-order valence-electron chi connectivity index (χ1n) is 5.45. The zero-order valence-electron chi connectivity index (χ0n) is 9.98. The quantitative estimate of drug-likeness (QED) is 0.827. The topological polar surface area (TPSA) is 72.5 Å². The van der Waals surface area contributed by atoms with Crippen LogP contribution in [0.4, 0.5) is 13.2 Å². The van der Waals surface area contributed by atoms with Gasteiger partial charge in [0.15, 0.2) is 0 Å². The van der Waals surface area contributed by atoms with Gasteiger partial charge in [-0.25, -0.2) is 0 Å². The van der Waals surface area contributed by atoms with E-state index in [2.05, 4.69) is 4.74 Å². The van der Waals surface area contributed by atoms with Gasteiger partial charge >= 0.3 is 12.1 Å². The molecule has 106 valence electrons. The number of rotatable bonds is 6. The van der Waals surface area contributed by atoms with Crippen molar-refractivity contribution in [3.63, 3.8) is 0 Å². The van der Waals surface area contributed by atoms with Gasteiger partial charge in [-0.1, -0.05) is 30.3 Å². The summed E-state index contributed by atoms with van der Waals surface area (Å²) in [5.41, 5.74) is 4.09. The van der Waals surface area contributed by atoms with Gasteiger partial charge < -0.3 is 15.6 Å². The number of hydrogen-bond acceptors (Lipinski definition) is 3. The number of carbonyl (C=O) groups is 1. The summed E-state index contributed by atoms with van der Waals surface area (Å²) in [6.45, 7) is -2.50. The molecule has 0 saturated heterocycles. The van der Waals surface area contributed by atoms with Crippen molar-refractivity contribution in [2.75, 3.05) is 19.8 Å². The normalized spacial score (nSPS) is 14.9. The van der Waals surface area contributed by atoms with E-state index in [9.17, 15) is 23.1 Å². The zero-order valence-corrected chi connectivity index (χ0v) is 9.98. The molecule has 0 aliphatic heterocycles. The van der Waals surface area contributed by atoms with E-state index in [-0.39, 0.29) is 6.54 Å². The second-order valence-corrected chi connectivity index (χ2v) is 4.07. The Morgan fingerprint density at radius 2 is 1.79 bits per heavy atom. The Hall–Kier alpha value is -1.60. The summed E-state index contributed by atoms with van der Waals surface area (Å²) in [6, 6.07) is 7.85. The molecule has 0 fully saturated rings. The van der Waals surface area contributed by atoms with Crippen molar-refractivity contribution in [1.82, 2.24) is 0 Å². The van der Waals surface area contributed by atoms with Gasteiger partial charge in [0.1, 0.15) is 12.0 Å². The first-order chi connectivity index (χ1) is 8.82. The van der Waals surface area contributed by atoms with Crippen LogP contribution in [0.5, 0.6) is 0 Å². The van der Waals surface area contributed by atoms with Crippen LogP contribution in [0.2, 0.25) is 0 Å². The molecule has 3 N–H and O–H groups in total. The van der Waals surface area contributed by atoms with Crippen LogP contribution in [0.3, 0.4) is 0 Å². The molecule has 1 aromatic rings. The Kier molecular flexibility index (Phi) is 4.90. The van der Waals surface area contributed by atoms with Crippen LogP contribution in [0.25, 0.3) is 0 Å². The largest absolute Gasteiger partial charge is 0.480 e. The Morgan fingerprint density at radius 3 is 2.21 bits per heavy atom. The molecule has 0 aliphatic rings. The summed E-state index contributed by atoms with van der Waals surface area (Å²) < 4.78 is 40.6. The highest BCUT2D eigenvalue weighted by atomic mass is 19.4. The molecule has 0 radical (unpaired) electrons. The third kappa shape index (κ3) is 3.93. The number of aliphatic carboxylic acids is 1. The van der Waals surface area contributed by atoms with Gasteiger partial charge in [-0.15, -0.1) is 0 Å². The summed E-state index contributed by atoms with van der Waals surface area (Å²) in [7, 11) is 0. The first-order valence-corrected chi connectivity index (χ1v) is 5.45. The van der Waals surface area contributed by atoms with E-state index in [1.807, 2.05) is 0 Å². The molecule has 0 saturated carbocycles. The maximum atomic E-state index is 12.0. The van der Waals surface area contributed by atoms with Crippen LogP contribution in [0.1, 0.15) is 5.56 Å². The SMILES string of the molecule is NCC(COCC(F)(F)F)(C(=O)O)c1ccccc1. The summed E-state index contributed by atoms with van der Waals surface area (Å²) in [4.78, 5) is 11.4. The number of ether oxygens (including phenoxy) is 1. The van der Waals surface area contributed by atoms with Crippen molar-refractivity contribution in [3.8, 4) is 0 Å². The zero-order chi connectivity index (χ0) is 14.5. The smallest absolute Gasteiger partial charge is 0.411 e. The summed E-state index contributed by atoms with van der Waals surface area (Å²) >= 11 is 0. The molecule has 0 bridgehead atoms. The fourth-order valence-electron chi connectivity index (χ4n) is 1.63. The lowest BCUT2D eigenvalue weighted by Gasteiger charge is -2.28. The Labute approximate surface area is 108 Å². The average Bonchev–Trinajstić information content (AvgIpc) is 2.34. The minimum atomic E-state index is -4.50. The predicted octanol–water partition coefficient (Wildman–Crippen LogP) is 1.55. The van der Waals surface area contributed by atoms with E-state index in [1.54, 1.807) is 18.2 Å². The number of carboxylic acids is 1. The first kappa shape index (κ1) is 15.5. The highest BCUT2D eigenvalue weighted by molar-refractivity contribution is 5.82. The van der Waals surface area contributed by atoms with Gasteiger partial charge in [0.2, 0.25) is 0 Å². The molecule has 0 heterocycles. The number of hydrogen-bond donors (Lipinski definition) is 2. The number of nitrogens with two attached hydrogens (primary N) is 1. The molecule has 1 aromatic carbocycles. The maximum absolute atomic E-state index is 12.0. The summed E-state index contributed by atoms with van der Waals surface area (Å²) in [5, 5.41) is 9.27. The van der Waals surface area contributed by atoms with Crippen molar-refractivity contribution >= 4 is 5.97 Å². The molecule has 1 unspecified atom stereocenters. The summed E-state index contributed by atoms with van der Waals surface area (Å²) in [6.07, 6.45) is -4.50. The lowest BCUT2D eigenvalue weighted by molar-refractivity contribution is -0.181. The molecule has 1 atom stereocenters. The maximum Gasteiger partial charge on any atom is 0.411 e. The lowest BCUT2D eigenvalue weighted by Crippen LogP contribution is -2.47. The van der Waals surface area contributed by atoms with Crippen molar-refractivity contribution in [1.29, 1.82) is 0 Å². The van der Waals surface area contributed by atoms with Crippen molar-refractivity contribution in [3.05, 3.63) is 35.9 Å². The fraction of sp³-hybridized carbons (Fsp3) is 0.417. The van der Waals surface area contributed by atoms with E-state index >= 15 is 0 Å². The van der Waals surface area contributed by atoms with Crippen LogP contribution in [0.15, 0.2) is 30.3 Å². The monoisotopic (exact) mass is 277 g/mol. The molecule has 7 heteroatoms. The molecular weight excluding hydrogens is 263 g/mol. The van der Waals surface area contributed by atoms with Crippen molar-refractivity contribution in [2.45, 2.75) is 11.6 Å². The van der Waals surface area contributed by atoms with Crippen LogP contribution in [0, 0.1) is 0 Å². The third-order valence-corrected chi connectivity index (χ3v) is 2.70. The van der Waals surface area contributed by atoms with Gasteiger partial charge in [-0.2, -0.15) is 13.2 Å². The lowest BCUT2D eigenvalue weighted by atomic mass is 9.81. The average molecular weight is 277 g/mol. The fourth-order valence-corrected chi connectivity index (χ4v) is 1.63. The van der Waals surface area contributed by atoms with E-state index in [0.717, 1.165) is 0 Å². The molecule has 1 rings (SSSR count).